The van der Waals surface area contributed by atoms with Gasteiger partial charge in [-0.15, -0.1) is 0 Å². The summed E-state index contributed by atoms with van der Waals surface area (Å²) in [5.41, 5.74) is 3.21. The van der Waals surface area contributed by atoms with Crippen molar-refractivity contribution in [3.63, 3.8) is 0 Å². The normalized spacial score (nSPS) is 22.2. The van der Waals surface area contributed by atoms with Crippen LogP contribution in [0.4, 0.5) is 11.4 Å². The van der Waals surface area contributed by atoms with Crippen LogP contribution in [-0.2, 0) is 9.53 Å². The molecule has 20 heavy (non-hydrogen) atoms. The molecule has 4 heteroatoms. The molecule has 1 amide bonds. The molecular weight excluding hydrogens is 252 g/mol. The Kier molecular flexibility index (Phi) is 3.92. The molecule has 0 saturated carbocycles. The Morgan fingerprint density at radius 1 is 1.30 bits per heavy atom. The number of nitrogens with one attached hydrogen (secondary N) is 1. The fourth-order valence-electron chi connectivity index (χ4n) is 2.91. The van der Waals surface area contributed by atoms with Crippen LogP contribution in [0.3, 0.4) is 0 Å². The molecule has 2 aliphatic heterocycles. The molecule has 1 aromatic carbocycles. The van der Waals surface area contributed by atoms with Crippen LogP contribution >= 0.6 is 0 Å². The molecule has 0 aromatic heterocycles. The Labute approximate surface area is 120 Å². The van der Waals surface area contributed by atoms with Gasteiger partial charge in [0.2, 0.25) is 0 Å². The van der Waals surface area contributed by atoms with Crippen molar-refractivity contribution in [1.29, 1.82) is 0 Å². The molecule has 0 bridgehead atoms. The number of benzene rings is 1. The lowest BCUT2D eigenvalue weighted by atomic mass is 10.1. The Balaban J connectivity index is 1.74. The number of aryl methyl sites for hydroxylation is 1. The van der Waals surface area contributed by atoms with Gasteiger partial charge in [-0.1, -0.05) is 6.07 Å². The van der Waals surface area contributed by atoms with E-state index in [1.54, 1.807) is 0 Å². The molecule has 2 fully saturated rings. The zero-order chi connectivity index (χ0) is 13.9. The molecule has 1 N–H and O–H groups in total. The molecule has 108 valence electrons. The number of amides is 1. The van der Waals surface area contributed by atoms with Crippen molar-refractivity contribution < 1.29 is 9.53 Å². The lowest BCUT2D eigenvalue weighted by Crippen LogP contribution is -2.27. The lowest BCUT2D eigenvalue weighted by molar-refractivity contribution is -0.124. The van der Waals surface area contributed by atoms with Gasteiger partial charge in [-0.3, -0.25) is 4.79 Å². The molecule has 4 nitrogen and oxygen atoms in total. The van der Waals surface area contributed by atoms with E-state index in [4.69, 9.17) is 4.74 Å². The van der Waals surface area contributed by atoms with Crippen LogP contribution < -0.4 is 10.2 Å². The van der Waals surface area contributed by atoms with Gasteiger partial charge in [0.05, 0.1) is 0 Å². The summed E-state index contributed by atoms with van der Waals surface area (Å²) in [6.45, 7) is 4.95. The Morgan fingerprint density at radius 3 is 2.80 bits per heavy atom. The minimum absolute atomic E-state index is 0.0100. The fourth-order valence-corrected chi connectivity index (χ4v) is 2.91. The monoisotopic (exact) mass is 274 g/mol. The molecule has 1 atom stereocenters. The molecule has 0 radical (unpaired) electrons. The van der Waals surface area contributed by atoms with Crippen molar-refractivity contribution in [2.75, 3.05) is 29.9 Å². The highest BCUT2D eigenvalue weighted by atomic mass is 16.5. The molecule has 2 heterocycles. The number of hydrogen-bond donors (Lipinski definition) is 1. The van der Waals surface area contributed by atoms with Gasteiger partial charge in [-0.05, 0) is 50.3 Å². The summed E-state index contributed by atoms with van der Waals surface area (Å²) in [5, 5.41) is 3.03. The maximum Gasteiger partial charge on any atom is 0.253 e. The van der Waals surface area contributed by atoms with E-state index >= 15 is 0 Å². The largest absolute Gasteiger partial charge is 0.371 e. The number of ether oxygens (including phenoxy) is 1. The highest BCUT2D eigenvalue weighted by Crippen LogP contribution is 2.26. The van der Waals surface area contributed by atoms with Gasteiger partial charge >= 0.3 is 0 Å². The summed E-state index contributed by atoms with van der Waals surface area (Å²) in [6.07, 6.45) is 4.04. The third kappa shape index (κ3) is 2.80. The molecule has 1 unspecified atom stereocenters. The second kappa shape index (κ2) is 5.83. The van der Waals surface area contributed by atoms with Crippen molar-refractivity contribution in [1.82, 2.24) is 0 Å². The Hall–Kier alpha value is -1.55. The summed E-state index contributed by atoms with van der Waals surface area (Å²) in [4.78, 5) is 14.5. The molecule has 1 aromatic rings. The van der Waals surface area contributed by atoms with Gasteiger partial charge in [-0.2, -0.15) is 0 Å². The van der Waals surface area contributed by atoms with E-state index in [1.165, 1.54) is 18.5 Å². The molecule has 0 spiro atoms. The topological polar surface area (TPSA) is 41.6 Å². The number of hydrogen-bond acceptors (Lipinski definition) is 3. The van der Waals surface area contributed by atoms with Crippen LogP contribution in [0.25, 0.3) is 0 Å². The average molecular weight is 274 g/mol. The first-order chi connectivity index (χ1) is 9.74. The highest BCUT2D eigenvalue weighted by Gasteiger charge is 2.24. The Morgan fingerprint density at radius 2 is 2.10 bits per heavy atom. The molecule has 0 aliphatic carbocycles. The summed E-state index contributed by atoms with van der Waals surface area (Å²) >= 11 is 0. The SMILES string of the molecule is Cc1ccc(N2CCCC2)cc1NC(=O)C1CCCO1. The van der Waals surface area contributed by atoms with Crippen LogP contribution in [0.1, 0.15) is 31.2 Å². The van der Waals surface area contributed by atoms with Crippen molar-refractivity contribution >= 4 is 17.3 Å². The van der Waals surface area contributed by atoms with Crippen LogP contribution in [0.5, 0.6) is 0 Å². The number of carbonyl (C=O) groups excluding carboxylic acids is 1. The standard InChI is InChI=1S/C16H22N2O2/c1-12-6-7-13(18-8-2-3-9-18)11-14(12)17-16(19)15-5-4-10-20-15/h6-7,11,15H,2-5,8-10H2,1H3,(H,17,19). The van der Waals surface area contributed by atoms with Gasteiger partial charge in [0.1, 0.15) is 6.10 Å². The van der Waals surface area contributed by atoms with Gasteiger partial charge in [0.15, 0.2) is 0 Å². The van der Waals surface area contributed by atoms with Crippen molar-refractivity contribution in [3.8, 4) is 0 Å². The first kappa shape index (κ1) is 13.4. The summed E-state index contributed by atoms with van der Waals surface area (Å²) < 4.78 is 5.43. The van der Waals surface area contributed by atoms with Gasteiger partial charge in [-0.25, -0.2) is 0 Å². The summed E-state index contributed by atoms with van der Waals surface area (Å²) in [6, 6.07) is 6.31. The van der Waals surface area contributed by atoms with Crippen molar-refractivity contribution in [3.05, 3.63) is 23.8 Å². The summed E-state index contributed by atoms with van der Waals surface area (Å²) in [7, 11) is 0. The second-order valence-electron chi connectivity index (χ2n) is 5.68. The summed E-state index contributed by atoms with van der Waals surface area (Å²) in [5.74, 6) is -0.0100. The minimum atomic E-state index is -0.273. The van der Waals surface area contributed by atoms with Gasteiger partial charge in [0.25, 0.3) is 5.91 Å². The minimum Gasteiger partial charge on any atom is -0.371 e. The van der Waals surface area contributed by atoms with E-state index in [0.717, 1.165) is 37.2 Å². The Bertz CT molecular complexity index is 489. The molecular formula is C16H22N2O2. The van der Waals surface area contributed by atoms with E-state index in [1.807, 2.05) is 6.92 Å². The van der Waals surface area contributed by atoms with Crippen molar-refractivity contribution in [2.24, 2.45) is 0 Å². The van der Waals surface area contributed by atoms with Crippen LogP contribution in [0.2, 0.25) is 0 Å². The van der Waals surface area contributed by atoms with E-state index in [-0.39, 0.29) is 12.0 Å². The third-order valence-corrected chi connectivity index (χ3v) is 4.17. The van der Waals surface area contributed by atoms with E-state index < -0.39 is 0 Å². The zero-order valence-electron chi connectivity index (χ0n) is 12.0. The lowest BCUT2D eigenvalue weighted by Gasteiger charge is -2.20. The average Bonchev–Trinajstić information content (AvgIpc) is 3.14. The fraction of sp³-hybridized carbons (Fsp3) is 0.562. The predicted octanol–water partition coefficient (Wildman–Crippen LogP) is 2.71. The highest BCUT2D eigenvalue weighted by molar-refractivity contribution is 5.95. The number of rotatable bonds is 3. The molecule has 2 saturated heterocycles. The van der Waals surface area contributed by atoms with E-state index in [9.17, 15) is 4.79 Å². The first-order valence-corrected chi connectivity index (χ1v) is 7.52. The molecule has 3 rings (SSSR count). The predicted molar refractivity (Wildman–Crippen MR) is 80.2 cm³/mol. The smallest absolute Gasteiger partial charge is 0.253 e. The maximum atomic E-state index is 12.1. The second-order valence-corrected chi connectivity index (χ2v) is 5.68. The van der Waals surface area contributed by atoms with Gasteiger partial charge in [0, 0.05) is 31.1 Å². The quantitative estimate of drug-likeness (QED) is 0.921. The maximum absolute atomic E-state index is 12.1. The van der Waals surface area contributed by atoms with Crippen LogP contribution in [-0.4, -0.2) is 31.7 Å². The first-order valence-electron chi connectivity index (χ1n) is 7.52. The van der Waals surface area contributed by atoms with Gasteiger partial charge < -0.3 is 15.0 Å². The van der Waals surface area contributed by atoms with Crippen molar-refractivity contribution in [2.45, 2.75) is 38.7 Å². The molecule has 2 aliphatic rings. The van der Waals surface area contributed by atoms with E-state index in [0.29, 0.717) is 6.61 Å². The number of anilines is 2. The van der Waals surface area contributed by atoms with Crippen LogP contribution in [0, 0.1) is 6.92 Å². The number of nitrogens with zero attached hydrogens (tertiary/aromatic N) is 1. The third-order valence-electron chi connectivity index (χ3n) is 4.17. The van der Waals surface area contributed by atoms with Crippen LogP contribution in [0.15, 0.2) is 18.2 Å². The number of carbonyl (C=O) groups is 1. The van der Waals surface area contributed by atoms with E-state index in [2.05, 4.69) is 28.4 Å². The zero-order valence-corrected chi connectivity index (χ0v) is 12.0.